The number of nitrogens with one attached hydrogen (secondary N) is 1. The molecule has 1 N–H and O–H groups in total. The van der Waals surface area contributed by atoms with E-state index in [0.717, 1.165) is 24.5 Å². The van der Waals surface area contributed by atoms with Crippen LogP contribution >= 0.6 is 11.3 Å². The minimum Gasteiger partial charge on any atom is -0.376 e. The summed E-state index contributed by atoms with van der Waals surface area (Å²) in [5.41, 5.74) is -0.0669. The third kappa shape index (κ3) is 5.64. The van der Waals surface area contributed by atoms with E-state index in [9.17, 15) is 4.79 Å². The quantitative estimate of drug-likeness (QED) is 0.839. The third-order valence-electron chi connectivity index (χ3n) is 5.57. The van der Waals surface area contributed by atoms with Gasteiger partial charge in [-0.05, 0) is 38.5 Å². The van der Waals surface area contributed by atoms with Gasteiger partial charge in [0.1, 0.15) is 5.01 Å². The van der Waals surface area contributed by atoms with Crippen molar-refractivity contribution in [2.45, 2.75) is 96.7 Å². The Hall–Kier alpha value is -1.21. The SMILES string of the molecule is C[C@H](NC(=O)/N=c1\sc(C(C)(C)C)nn1C[C@H]1CCCO1)C1CCCCC1. The van der Waals surface area contributed by atoms with Gasteiger partial charge in [0.2, 0.25) is 4.80 Å². The summed E-state index contributed by atoms with van der Waals surface area (Å²) in [5.74, 6) is 0.573. The molecule has 0 aromatic carbocycles. The molecule has 1 saturated heterocycles. The van der Waals surface area contributed by atoms with Crippen LogP contribution in [0.3, 0.4) is 0 Å². The Bertz CT molecular complexity index is 692. The van der Waals surface area contributed by atoms with E-state index >= 15 is 0 Å². The van der Waals surface area contributed by atoms with E-state index in [1.165, 1.54) is 43.4 Å². The molecule has 1 aliphatic heterocycles. The number of rotatable bonds is 4. The third-order valence-corrected chi connectivity index (χ3v) is 6.94. The van der Waals surface area contributed by atoms with Crippen LogP contribution in [-0.4, -0.2) is 34.6 Å². The summed E-state index contributed by atoms with van der Waals surface area (Å²) in [4.78, 5) is 17.6. The molecule has 2 fully saturated rings. The first-order valence-corrected chi connectivity index (χ1v) is 11.2. The van der Waals surface area contributed by atoms with Gasteiger partial charge in [0.25, 0.3) is 0 Å². The van der Waals surface area contributed by atoms with Crippen LogP contribution in [0, 0.1) is 5.92 Å². The van der Waals surface area contributed by atoms with Crippen molar-refractivity contribution in [3.63, 3.8) is 0 Å². The molecule has 1 aliphatic carbocycles. The lowest BCUT2D eigenvalue weighted by atomic mass is 9.85. The van der Waals surface area contributed by atoms with Crippen LogP contribution in [0.2, 0.25) is 0 Å². The molecule has 2 heterocycles. The van der Waals surface area contributed by atoms with Gasteiger partial charge in [-0.2, -0.15) is 10.1 Å². The van der Waals surface area contributed by atoms with Crippen LogP contribution in [0.25, 0.3) is 0 Å². The summed E-state index contributed by atoms with van der Waals surface area (Å²) in [6, 6.07) is -0.0820. The number of amides is 2. The average Bonchev–Trinajstić information content (AvgIpc) is 3.26. The van der Waals surface area contributed by atoms with E-state index in [2.05, 4.69) is 38.0 Å². The normalized spacial score (nSPS) is 23.6. The highest BCUT2D eigenvalue weighted by atomic mass is 32.1. The highest BCUT2D eigenvalue weighted by Crippen LogP contribution is 2.26. The first-order chi connectivity index (χ1) is 12.8. The monoisotopic (exact) mass is 394 g/mol. The zero-order valence-electron chi connectivity index (χ0n) is 17.2. The zero-order chi connectivity index (χ0) is 19.4. The lowest BCUT2D eigenvalue weighted by Crippen LogP contribution is -2.38. The molecule has 0 unspecified atom stereocenters. The Labute approximate surface area is 166 Å². The maximum absolute atomic E-state index is 12.6. The second-order valence-electron chi connectivity index (χ2n) is 9.00. The number of ether oxygens (including phenoxy) is 1. The van der Waals surface area contributed by atoms with E-state index in [1.807, 2.05) is 4.68 Å². The number of carbonyl (C=O) groups is 1. The van der Waals surface area contributed by atoms with Crippen LogP contribution in [0.15, 0.2) is 4.99 Å². The number of nitrogens with zero attached hydrogens (tertiary/aromatic N) is 3. The Balaban J connectivity index is 1.75. The molecule has 152 valence electrons. The van der Waals surface area contributed by atoms with Crippen molar-refractivity contribution in [2.75, 3.05) is 6.61 Å². The molecule has 2 amide bonds. The molecule has 0 bridgehead atoms. The Kier molecular flexibility index (Phi) is 6.74. The van der Waals surface area contributed by atoms with Crippen LogP contribution in [-0.2, 0) is 16.7 Å². The molecule has 2 atom stereocenters. The van der Waals surface area contributed by atoms with Crippen LogP contribution in [0.4, 0.5) is 4.79 Å². The van der Waals surface area contributed by atoms with Gasteiger partial charge in [-0.25, -0.2) is 9.48 Å². The maximum atomic E-state index is 12.6. The lowest BCUT2D eigenvalue weighted by Gasteiger charge is -2.27. The number of carbonyl (C=O) groups excluding carboxylic acids is 1. The van der Waals surface area contributed by atoms with Crippen molar-refractivity contribution in [3.05, 3.63) is 9.81 Å². The van der Waals surface area contributed by atoms with Crippen LogP contribution in [0.5, 0.6) is 0 Å². The Morgan fingerprint density at radius 2 is 2.04 bits per heavy atom. The standard InChI is InChI=1S/C20H34N4O2S/c1-14(15-9-6-5-7-10-15)21-18(25)22-19-24(13-16-11-8-12-26-16)23-17(27-19)20(2,3)4/h14-16H,5-13H2,1-4H3,(H,21,25)/b22-19-/t14-,16+/m0/s1. The summed E-state index contributed by atoms with van der Waals surface area (Å²) >= 11 is 1.51. The minimum atomic E-state index is -0.252. The van der Waals surface area contributed by atoms with Crippen molar-refractivity contribution in [2.24, 2.45) is 10.9 Å². The van der Waals surface area contributed by atoms with Gasteiger partial charge in [0.15, 0.2) is 0 Å². The molecule has 1 aromatic heterocycles. The molecule has 3 rings (SSSR count). The van der Waals surface area contributed by atoms with Crippen molar-refractivity contribution < 1.29 is 9.53 Å². The van der Waals surface area contributed by atoms with Gasteiger partial charge in [0.05, 0.1) is 12.6 Å². The molecule has 7 heteroatoms. The average molecular weight is 395 g/mol. The van der Waals surface area contributed by atoms with Gasteiger partial charge in [0, 0.05) is 18.1 Å². The smallest absolute Gasteiger partial charge is 0.343 e. The fourth-order valence-corrected chi connectivity index (χ4v) is 4.83. The van der Waals surface area contributed by atoms with Crippen LogP contribution in [0.1, 0.15) is 77.6 Å². The summed E-state index contributed by atoms with van der Waals surface area (Å²) < 4.78 is 7.62. The van der Waals surface area contributed by atoms with Crippen molar-refractivity contribution >= 4 is 17.4 Å². The van der Waals surface area contributed by atoms with Crippen molar-refractivity contribution in [1.82, 2.24) is 15.1 Å². The van der Waals surface area contributed by atoms with Crippen molar-refractivity contribution in [3.8, 4) is 0 Å². The Morgan fingerprint density at radius 1 is 1.30 bits per heavy atom. The molecule has 0 spiro atoms. The van der Waals surface area contributed by atoms with Crippen molar-refractivity contribution in [1.29, 1.82) is 0 Å². The second-order valence-corrected chi connectivity index (χ2v) is 9.96. The van der Waals surface area contributed by atoms with Gasteiger partial charge < -0.3 is 10.1 Å². The Morgan fingerprint density at radius 3 is 2.67 bits per heavy atom. The fraction of sp³-hybridized carbons (Fsp3) is 0.850. The van der Waals surface area contributed by atoms with E-state index < -0.39 is 0 Å². The van der Waals surface area contributed by atoms with Crippen LogP contribution < -0.4 is 10.1 Å². The minimum absolute atomic E-state index is 0.0669. The molecule has 1 saturated carbocycles. The number of hydrogen-bond acceptors (Lipinski definition) is 4. The molecule has 6 nitrogen and oxygen atoms in total. The number of hydrogen-bond donors (Lipinski definition) is 1. The summed E-state index contributed by atoms with van der Waals surface area (Å²) in [6.45, 7) is 9.99. The molecule has 2 aliphatic rings. The topological polar surface area (TPSA) is 68.5 Å². The maximum Gasteiger partial charge on any atom is 0.343 e. The van der Waals surface area contributed by atoms with Gasteiger partial charge in [-0.1, -0.05) is 51.4 Å². The molecular formula is C20H34N4O2S. The lowest BCUT2D eigenvalue weighted by molar-refractivity contribution is 0.0928. The molecular weight excluding hydrogens is 360 g/mol. The summed E-state index contributed by atoms with van der Waals surface area (Å²) in [6.07, 6.45) is 8.57. The van der Waals surface area contributed by atoms with Gasteiger partial charge >= 0.3 is 6.03 Å². The fourth-order valence-electron chi connectivity index (χ4n) is 3.86. The van der Waals surface area contributed by atoms with E-state index in [1.54, 1.807) is 0 Å². The second kappa shape index (κ2) is 8.86. The summed E-state index contributed by atoms with van der Waals surface area (Å²) in [5, 5.41) is 8.84. The summed E-state index contributed by atoms with van der Waals surface area (Å²) in [7, 11) is 0. The van der Waals surface area contributed by atoms with E-state index in [-0.39, 0.29) is 23.6 Å². The first kappa shape index (κ1) is 20.5. The largest absolute Gasteiger partial charge is 0.376 e. The number of aromatic nitrogens is 2. The van der Waals surface area contributed by atoms with E-state index in [0.29, 0.717) is 17.3 Å². The van der Waals surface area contributed by atoms with Gasteiger partial charge in [-0.3, -0.25) is 0 Å². The molecule has 27 heavy (non-hydrogen) atoms. The molecule has 1 aromatic rings. The molecule has 0 radical (unpaired) electrons. The van der Waals surface area contributed by atoms with Gasteiger partial charge in [-0.15, -0.1) is 0 Å². The number of urea groups is 1. The van der Waals surface area contributed by atoms with E-state index in [4.69, 9.17) is 9.84 Å². The predicted molar refractivity (Wildman–Crippen MR) is 108 cm³/mol. The highest BCUT2D eigenvalue weighted by molar-refractivity contribution is 7.09. The first-order valence-electron chi connectivity index (χ1n) is 10.4. The highest BCUT2D eigenvalue weighted by Gasteiger charge is 2.24. The zero-order valence-corrected chi connectivity index (χ0v) is 18.0. The predicted octanol–water partition coefficient (Wildman–Crippen LogP) is 4.00.